The minimum Gasteiger partial charge on any atom is -0.342 e. The largest absolute Gasteiger partial charge is 0.342 e. The van der Waals surface area contributed by atoms with E-state index in [9.17, 15) is 14.0 Å². The summed E-state index contributed by atoms with van der Waals surface area (Å²) < 4.78 is 13.2. The van der Waals surface area contributed by atoms with Crippen LogP contribution in [0.3, 0.4) is 0 Å². The summed E-state index contributed by atoms with van der Waals surface area (Å²) in [4.78, 5) is 31.8. The minimum atomic E-state index is -0.406. The fourth-order valence-corrected chi connectivity index (χ4v) is 5.69. The number of halogens is 1. The van der Waals surface area contributed by atoms with Gasteiger partial charge in [-0.2, -0.15) is 0 Å². The molecule has 1 aromatic rings. The molecule has 1 aromatic carbocycles. The molecule has 0 aliphatic carbocycles. The Morgan fingerprint density at radius 2 is 1.75 bits per heavy atom. The Bertz CT molecular complexity index is 758. The van der Waals surface area contributed by atoms with Crippen molar-refractivity contribution >= 4 is 11.8 Å². The Hall–Kier alpha value is -1.95. The molecule has 5 nitrogen and oxygen atoms in total. The Morgan fingerprint density at radius 3 is 2.32 bits per heavy atom. The number of carbonyl (C=O) groups excluding carboxylic acids is 2. The van der Waals surface area contributed by atoms with Gasteiger partial charge in [-0.25, -0.2) is 4.39 Å². The van der Waals surface area contributed by atoms with Crippen molar-refractivity contribution in [3.8, 4) is 0 Å². The van der Waals surface area contributed by atoms with E-state index >= 15 is 0 Å². The van der Waals surface area contributed by atoms with Crippen LogP contribution >= 0.6 is 0 Å². The van der Waals surface area contributed by atoms with E-state index in [4.69, 9.17) is 0 Å². The van der Waals surface area contributed by atoms with Crippen LogP contribution in [0.4, 0.5) is 4.39 Å². The van der Waals surface area contributed by atoms with E-state index in [1.54, 1.807) is 6.92 Å². The molecule has 1 atom stereocenters. The van der Waals surface area contributed by atoms with Crippen molar-refractivity contribution in [3.05, 3.63) is 35.6 Å². The van der Waals surface area contributed by atoms with Crippen LogP contribution in [0.1, 0.15) is 38.7 Å². The van der Waals surface area contributed by atoms with Crippen LogP contribution in [0.15, 0.2) is 24.3 Å². The number of nitrogens with zero attached hydrogens (tertiary/aromatic N) is 3. The van der Waals surface area contributed by atoms with Crippen LogP contribution in [-0.4, -0.2) is 65.8 Å². The van der Waals surface area contributed by atoms with Crippen molar-refractivity contribution in [2.45, 2.75) is 39.7 Å². The highest BCUT2D eigenvalue weighted by molar-refractivity contribution is 5.88. The molecule has 6 heteroatoms. The zero-order valence-corrected chi connectivity index (χ0v) is 16.9. The van der Waals surface area contributed by atoms with E-state index in [-0.39, 0.29) is 23.0 Å². The van der Waals surface area contributed by atoms with Crippen molar-refractivity contribution in [2.75, 3.05) is 39.3 Å². The number of piperidine rings is 1. The molecule has 3 fully saturated rings. The van der Waals surface area contributed by atoms with E-state index in [2.05, 4.69) is 4.90 Å². The first-order valence-electron chi connectivity index (χ1n) is 10.4. The molecular formula is C22H30FN3O2. The van der Waals surface area contributed by atoms with Gasteiger partial charge in [0.1, 0.15) is 5.82 Å². The molecule has 28 heavy (non-hydrogen) atoms. The van der Waals surface area contributed by atoms with Crippen molar-refractivity contribution in [1.82, 2.24) is 14.7 Å². The van der Waals surface area contributed by atoms with Crippen LogP contribution in [0.25, 0.3) is 0 Å². The van der Waals surface area contributed by atoms with E-state index in [1.165, 1.54) is 12.1 Å². The zero-order chi connectivity index (χ0) is 19.9. The summed E-state index contributed by atoms with van der Waals surface area (Å²) in [6, 6.07) is 6.70. The molecule has 0 radical (unpaired) electrons. The van der Waals surface area contributed by atoms with Gasteiger partial charge in [-0.15, -0.1) is 0 Å². The predicted octanol–water partition coefficient (Wildman–Crippen LogP) is 2.51. The van der Waals surface area contributed by atoms with Gasteiger partial charge in [-0.05, 0) is 57.0 Å². The lowest BCUT2D eigenvalue weighted by Crippen LogP contribution is -2.52. The normalized spacial score (nSPS) is 27.3. The number of amides is 2. The molecule has 0 N–H and O–H groups in total. The third-order valence-corrected chi connectivity index (χ3v) is 7.43. The third kappa shape index (κ3) is 3.02. The Labute approximate surface area is 166 Å². The molecule has 0 unspecified atom stereocenters. The number of carbonyl (C=O) groups is 2. The quantitative estimate of drug-likeness (QED) is 0.801. The van der Waals surface area contributed by atoms with E-state index in [1.807, 2.05) is 28.9 Å². The average molecular weight is 387 g/mol. The maximum absolute atomic E-state index is 13.3. The third-order valence-electron chi connectivity index (χ3n) is 7.43. The van der Waals surface area contributed by atoms with Gasteiger partial charge < -0.3 is 9.80 Å². The van der Waals surface area contributed by atoms with E-state index in [0.717, 1.165) is 57.5 Å². The Morgan fingerprint density at radius 1 is 1.07 bits per heavy atom. The SMILES string of the molecule is CCN1CC[C@]2(CN(C(C)=O)CC23CCN(Cc2ccc(F)cc2)CC3)C1=O. The van der Waals surface area contributed by atoms with Crippen LogP contribution in [0.2, 0.25) is 0 Å². The molecule has 3 aliphatic heterocycles. The van der Waals surface area contributed by atoms with Gasteiger partial charge in [0.15, 0.2) is 0 Å². The summed E-state index contributed by atoms with van der Waals surface area (Å²) in [5.74, 6) is 0.122. The monoisotopic (exact) mass is 387 g/mol. The van der Waals surface area contributed by atoms with Crippen molar-refractivity contribution in [2.24, 2.45) is 10.8 Å². The van der Waals surface area contributed by atoms with E-state index in [0.29, 0.717) is 13.1 Å². The lowest BCUT2D eigenvalue weighted by Gasteiger charge is -2.46. The molecular weight excluding hydrogens is 357 g/mol. The second kappa shape index (κ2) is 7.14. The molecule has 0 saturated carbocycles. The maximum Gasteiger partial charge on any atom is 0.231 e. The first-order valence-corrected chi connectivity index (χ1v) is 10.4. The van der Waals surface area contributed by atoms with Gasteiger partial charge in [0.2, 0.25) is 11.8 Å². The highest BCUT2D eigenvalue weighted by Crippen LogP contribution is 2.57. The van der Waals surface area contributed by atoms with E-state index < -0.39 is 5.41 Å². The summed E-state index contributed by atoms with van der Waals surface area (Å²) in [6.07, 6.45) is 2.73. The lowest BCUT2D eigenvalue weighted by molar-refractivity contribution is -0.142. The first-order chi connectivity index (χ1) is 13.4. The molecule has 0 aromatic heterocycles. The van der Waals surface area contributed by atoms with Crippen LogP contribution in [0, 0.1) is 16.6 Å². The molecule has 2 spiro atoms. The number of hydrogen-bond acceptors (Lipinski definition) is 3. The molecule has 3 saturated heterocycles. The number of benzene rings is 1. The smallest absolute Gasteiger partial charge is 0.231 e. The van der Waals surface area contributed by atoms with Crippen LogP contribution < -0.4 is 0 Å². The number of hydrogen-bond donors (Lipinski definition) is 0. The van der Waals surface area contributed by atoms with Crippen LogP contribution in [-0.2, 0) is 16.1 Å². The van der Waals surface area contributed by atoms with Gasteiger partial charge in [-0.3, -0.25) is 14.5 Å². The second-order valence-electron chi connectivity index (χ2n) is 8.77. The molecule has 4 rings (SSSR count). The van der Waals surface area contributed by atoms with Gasteiger partial charge in [0.25, 0.3) is 0 Å². The molecule has 2 amide bonds. The van der Waals surface area contributed by atoms with Crippen molar-refractivity contribution in [1.29, 1.82) is 0 Å². The summed E-state index contributed by atoms with van der Waals surface area (Å²) in [5.41, 5.74) is 0.591. The fourth-order valence-electron chi connectivity index (χ4n) is 5.69. The maximum atomic E-state index is 13.3. The Kier molecular flexibility index (Phi) is 4.94. The molecule has 0 bridgehead atoms. The Balaban J connectivity index is 1.52. The summed E-state index contributed by atoms with van der Waals surface area (Å²) >= 11 is 0. The van der Waals surface area contributed by atoms with Gasteiger partial charge in [0, 0.05) is 45.1 Å². The predicted molar refractivity (Wildman–Crippen MR) is 105 cm³/mol. The van der Waals surface area contributed by atoms with Crippen molar-refractivity contribution in [3.63, 3.8) is 0 Å². The molecule has 3 aliphatic rings. The first kappa shape index (κ1) is 19.4. The average Bonchev–Trinajstić information content (AvgIpc) is 3.18. The number of fused-ring (bicyclic) bond motifs is 1. The topological polar surface area (TPSA) is 43.9 Å². The number of rotatable bonds is 3. The summed E-state index contributed by atoms with van der Waals surface area (Å²) in [7, 11) is 0. The minimum absolute atomic E-state index is 0.0766. The molecule has 3 heterocycles. The zero-order valence-electron chi connectivity index (χ0n) is 16.9. The van der Waals surface area contributed by atoms with Crippen LogP contribution in [0.5, 0.6) is 0 Å². The summed E-state index contributed by atoms with van der Waals surface area (Å²) in [5, 5.41) is 0. The highest BCUT2D eigenvalue weighted by Gasteiger charge is 2.65. The molecule has 152 valence electrons. The fraction of sp³-hybridized carbons (Fsp3) is 0.636. The standard InChI is InChI=1S/C22H30FN3O2/c1-3-25-13-10-22(20(25)28)16-26(17(2)27)15-21(22)8-11-24(12-9-21)14-18-4-6-19(23)7-5-18/h4-7H,3,8-16H2,1-2H3/t22-/m0/s1. The van der Waals surface area contributed by atoms with Crippen molar-refractivity contribution < 1.29 is 14.0 Å². The second-order valence-corrected chi connectivity index (χ2v) is 8.77. The summed E-state index contributed by atoms with van der Waals surface area (Å²) in [6.45, 7) is 9.10. The van der Waals surface area contributed by atoms with Gasteiger partial charge >= 0.3 is 0 Å². The van der Waals surface area contributed by atoms with Gasteiger partial charge in [-0.1, -0.05) is 12.1 Å². The number of likely N-dealkylation sites (tertiary alicyclic amines) is 3. The van der Waals surface area contributed by atoms with Gasteiger partial charge in [0.05, 0.1) is 5.41 Å². The lowest BCUT2D eigenvalue weighted by atomic mass is 9.60. The highest BCUT2D eigenvalue weighted by atomic mass is 19.1.